The molecule has 5 heteroatoms. The van der Waals surface area contributed by atoms with Gasteiger partial charge in [-0.2, -0.15) is 0 Å². The van der Waals surface area contributed by atoms with Gasteiger partial charge < -0.3 is 10.1 Å². The number of aryl methyl sites for hydroxylation is 2. The normalized spacial score (nSPS) is 10.4. The largest absolute Gasteiger partial charge is 0.487 e. The lowest BCUT2D eigenvalue weighted by molar-refractivity contribution is 0.0950. The molecule has 2 heterocycles. The van der Waals surface area contributed by atoms with E-state index in [1.807, 2.05) is 56.3 Å². The van der Waals surface area contributed by atoms with Gasteiger partial charge in [-0.25, -0.2) is 0 Å². The van der Waals surface area contributed by atoms with Crippen LogP contribution in [0, 0.1) is 13.8 Å². The van der Waals surface area contributed by atoms with Gasteiger partial charge >= 0.3 is 0 Å². The molecule has 1 N–H and O–H groups in total. The monoisotopic (exact) mass is 347 g/mol. The van der Waals surface area contributed by atoms with E-state index in [4.69, 9.17) is 4.74 Å². The molecule has 0 saturated carbocycles. The minimum atomic E-state index is -0.131. The molecule has 5 nitrogen and oxygen atoms in total. The van der Waals surface area contributed by atoms with Gasteiger partial charge in [0.15, 0.2) is 0 Å². The van der Waals surface area contributed by atoms with Crippen LogP contribution < -0.4 is 10.1 Å². The highest BCUT2D eigenvalue weighted by molar-refractivity contribution is 5.94. The fourth-order valence-corrected chi connectivity index (χ4v) is 2.48. The number of pyridine rings is 2. The van der Waals surface area contributed by atoms with Crippen LogP contribution in [0.3, 0.4) is 0 Å². The number of hydrogen-bond acceptors (Lipinski definition) is 4. The van der Waals surface area contributed by atoms with Crippen molar-refractivity contribution in [2.45, 2.75) is 27.0 Å². The van der Waals surface area contributed by atoms with E-state index in [0.717, 1.165) is 22.5 Å². The maximum Gasteiger partial charge on any atom is 0.251 e. The Morgan fingerprint density at radius 1 is 1.08 bits per heavy atom. The molecule has 3 rings (SSSR count). The van der Waals surface area contributed by atoms with E-state index < -0.39 is 0 Å². The summed E-state index contributed by atoms with van der Waals surface area (Å²) < 4.78 is 5.72. The van der Waals surface area contributed by atoms with Crippen molar-refractivity contribution < 1.29 is 9.53 Å². The lowest BCUT2D eigenvalue weighted by atomic mass is 10.1. The predicted octanol–water partition coefficient (Wildman–Crippen LogP) is 3.60. The molecule has 0 aliphatic carbocycles. The molecule has 0 radical (unpaired) electrons. The van der Waals surface area contributed by atoms with Crippen LogP contribution in [0.15, 0.2) is 60.9 Å². The van der Waals surface area contributed by atoms with Gasteiger partial charge in [-0.05, 0) is 55.3 Å². The van der Waals surface area contributed by atoms with E-state index >= 15 is 0 Å². The number of carbonyl (C=O) groups excluding carboxylic acids is 1. The zero-order valence-corrected chi connectivity index (χ0v) is 14.9. The topological polar surface area (TPSA) is 64.1 Å². The van der Waals surface area contributed by atoms with Crippen LogP contribution in [0.2, 0.25) is 0 Å². The Hall–Kier alpha value is -3.21. The number of carbonyl (C=O) groups is 1. The number of aromatic nitrogens is 2. The first-order valence-corrected chi connectivity index (χ1v) is 8.45. The number of rotatable bonds is 6. The summed E-state index contributed by atoms with van der Waals surface area (Å²) in [4.78, 5) is 20.9. The maximum atomic E-state index is 12.4. The average Bonchev–Trinajstić information content (AvgIpc) is 2.67. The second kappa shape index (κ2) is 8.25. The minimum Gasteiger partial charge on any atom is -0.487 e. The fraction of sp³-hybridized carbons (Fsp3) is 0.190. The lowest BCUT2D eigenvalue weighted by Crippen LogP contribution is -2.23. The summed E-state index contributed by atoms with van der Waals surface area (Å²) in [6.45, 7) is 4.69. The highest BCUT2D eigenvalue weighted by Gasteiger charge is 2.08. The van der Waals surface area contributed by atoms with E-state index in [9.17, 15) is 4.79 Å². The molecule has 3 aromatic rings. The number of nitrogens with zero attached hydrogens (tertiary/aromatic N) is 2. The van der Waals surface area contributed by atoms with Gasteiger partial charge in [0.25, 0.3) is 5.91 Å². The van der Waals surface area contributed by atoms with Crippen molar-refractivity contribution >= 4 is 5.91 Å². The number of nitrogens with one attached hydrogen (secondary N) is 1. The third-order valence-corrected chi connectivity index (χ3v) is 4.01. The Kier molecular flexibility index (Phi) is 5.59. The molecule has 1 amide bonds. The van der Waals surface area contributed by atoms with Crippen LogP contribution in [-0.2, 0) is 13.2 Å². The first-order valence-electron chi connectivity index (χ1n) is 8.45. The molecule has 0 spiro atoms. The first-order chi connectivity index (χ1) is 12.6. The third-order valence-electron chi connectivity index (χ3n) is 4.01. The van der Waals surface area contributed by atoms with Gasteiger partial charge in [0, 0.05) is 17.5 Å². The van der Waals surface area contributed by atoms with E-state index in [2.05, 4.69) is 15.3 Å². The molecule has 0 aliphatic rings. The Balaban J connectivity index is 1.60. The predicted molar refractivity (Wildman–Crippen MR) is 99.9 cm³/mol. The second-order valence-electron chi connectivity index (χ2n) is 6.07. The SMILES string of the molecule is Cc1ccc(OCc2cccc(C(=O)NCc3ncccc3C)c2)cn1. The average molecular weight is 347 g/mol. The summed E-state index contributed by atoms with van der Waals surface area (Å²) in [6.07, 6.45) is 3.42. The molecule has 132 valence electrons. The summed E-state index contributed by atoms with van der Waals surface area (Å²) >= 11 is 0. The Labute approximate surface area is 153 Å². The maximum absolute atomic E-state index is 12.4. The highest BCUT2D eigenvalue weighted by Crippen LogP contribution is 2.13. The van der Waals surface area contributed by atoms with E-state index in [1.165, 1.54) is 0 Å². The zero-order chi connectivity index (χ0) is 18.4. The van der Waals surface area contributed by atoms with Crippen LogP contribution >= 0.6 is 0 Å². The van der Waals surface area contributed by atoms with Crippen LogP contribution in [0.5, 0.6) is 5.75 Å². The number of amides is 1. The van der Waals surface area contributed by atoms with Gasteiger partial charge in [-0.1, -0.05) is 18.2 Å². The van der Waals surface area contributed by atoms with Crippen molar-refractivity contribution in [1.29, 1.82) is 0 Å². The van der Waals surface area contributed by atoms with E-state index in [1.54, 1.807) is 18.5 Å². The first kappa shape index (κ1) is 17.6. The quantitative estimate of drug-likeness (QED) is 0.740. The Bertz CT molecular complexity index is 892. The van der Waals surface area contributed by atoms with Gasteiger partial charge in [-0.15, -0.1) is 0 Å². The molecule has 26 heavy (non-hydrogen) atoms. The summed E-state index contributed by atoms with van der Waals surface area (Å²) in [6, 6.07) is 15.1. The van der Waals surface area contributed by atoms with Crippen molar-refractivity contribution in [2.75, 3.05) is 0 Å². The van der Waals surface area contributed by atoms with Crippen molar-refractivity contribution in [3.63, 3.8) is 0 Å². The summed E-state index contributed by atoms with van der Waals surface area (Å²) in [5.74, 6) is 0.574. The molecule has 0 aliphatic heterocycles. The lowest BCUT2D eigenvalue weighted by Gasteiger charge is -2.09. The third kappa shape index (κ3) is 4.66. The standard InChI is InChI=1S/C21H21N3O2/c1-15-5-4-10-22-20(15)13-24-21(25)18-7-3-6-17(11-18)14-26-19-9-8-16(2)23-12-19/h3-12H,13-14H2,1-2H3,(H,24,25). The molecule has 0 fully saturated rings. The summed E-state index contributed by atoms with van der Waals surface area (Å²) in [5.41, 5.74) is 4.39. The molecule has 1 aromatic carbocycles. The number of ether oxygens (including phenoxy) is 1. The van der Waals surface area contributed by atoms with Gasteiger partial charge in [0.1, 0.15) is 12.4 Å². The highest BCUT2D eigenvalue weighted by atomic mass is 16.5. The van der Waals surface area contributed by atoms with E-state index in [-0.39, 0.29) is 5.91 Å². The summed E-state index contributed by atoms with van der Waals surface area (Å²) in [7, 11) is 0. The van der Waals surface area contributed by atoms with Crippen molar-refractivity contribution in [2.24, 2.45) is 0 Å². The van der Waals surface area contributed by atoms with Gasteiger partial charge in [0.2, 0.25) is 0 Å². The molecule has 0 bridgehead atoms. The zero-order valence-electron chi connectivity index (χ0n) is 14.9. The molecule has 2 aromatic heterocycles. The van der Waals surface area contributed by atoms with Crippen molar-refractivity contribution in [1.82, 2.24) is 15.3 Å². The van der Waals surface area contributed by atoms with Gasteiger partial charge in [0.05, 0.1) is 18.4 Å². The minimum absolute atomic E-state index is 0.131. The molecular weight excluding hydrogens is 326 g/mol. The van der Waals surface area contributed by atoms with E-state index in [0.29, 0.717) is 24.5 Å². The number of hydrogen-bond donors (Lipinski definition) is 1. The Morgan fingerprint density at radius 2 is 1.96 bits per heavy atom. The van der Waals surface area contributed by atoms with Crippen LogP contribution in [0.1, 0.15) is 32.9 Å². The van der Waals surface area contributed by atoms with Crippen LogP contribution in [0.25, 0.3) is 0 Å². The Morgan fingerprint density at radius 3 is 2.73 bits per heavy atom. The van der Waals surface area contributed by atoms with Crippen LogP contribution in [-0.4, -0.2) is 15.9 Å². The molecule has 0 atom stereocenters. The molecule has 0 saturated heterocycles. The molecule has 0 unspecified atom stereocenters. The molecular formula is C21H21N3O2. The second-order valence-corrected chi connectivity index (χ2v) is 6.07. The van der Waals surface area contributed by atoms with Crippen LogP contribution in [0.4, 0.5) is 0 Å². The smallest absolute Gasteiger partial charge is 0.251 e. The fourth-order valence-electron chi connectivity index (χ4n) is 2.48. The van der Waals surface area contributed by atoms with Gasteiger partial charge in [-0.3, -0.25) is 14.8 Å². The van der Waals surface area contributed by atoms with Crippen molar-refractivity contribution in [3.8, 4) is 5.75 Å². The number of benzene rings is 1. The summed E-state index contributed by atoms with van der Waals surface area (Å²) in [5, 5.41) is 2.91. The van der Waals surface area contributed by atoms with Crippen molar-refractivity contribution in [3.05, 3.63) is 89.0 Å².